The van der Waals surface area contributed by atoms with Gasteiger partial charge in [-0.1, -0.05) is 6.07 Å². The molecule has 2 heterocycles. The first-order chi connectivity index (χ1) is 8.15. The van der Waals surface area contributed by atoms with Crippen LogP contribution in [-0.2, 0) is 6.42 Å². The van der Waals surface area contributed by atoms with Crippen molar-refractivity contribution in [2.45, 2.75) is 12.8 Å². The Bertz CT molecular complexity index is 562. The van der Waals surface area contributed by atoms with Crippen LogP contribution in [0.15, 0.2) is 18.2 Å². The number of fused-ring (bicyclic) bond motifs is 1. The Kier molecular flexibility index (Phi) is 2.97. The predicted octanol–water partition coefficient (Wildman–Crippen LogP) is 0.506. The summed E-state index contributed by atoms with van der Waals surface area (Å²) in [6.07, 6.45) is 1.35. The maximum absolute atomic E-state index is 11.1. The summed E-state index contributed by atoms with van der Waals surface area (Å²) in [6, 6.07) is 5.12. The molecule has 6 heteroatoms. The standard InChI is InChI=1S/C11H14N4O2/c12-6-2-5-9-14-10(11(16)17)7-3-1-4-8(13)15(7)9/h1,3-4H,2,5-6,12-13H2,(H,16,17). The van der Waals surface area contributed by atoms with Crippen molar-refractivity contribution in [3.8, 4) is 0 Å². The number of carboxylic acids is 1. The van der Waals surface area contributed by atoms with Crippen LogP contribution in [0.25, 0.3) is 5.52 Å². The van der Waals surface area contributed by atoms with Crippen molar-refractivity contribution >= 4 is 17.3 Å². The highest BCUT2D eigenvalue weighted by Gasteiger charge is 2.17. The first-order valence-electron chi connectivity index (χ1n) is 5.34. The van der Waals surface area contributed by atoms with E-state index in [0.29, 0.717) is 30.1 Å². The van der Waals surface area contributed by atoms with Crippen molar-refractivity contribution in [3.63, 3.8) is 0 Å². The summed E-state index contributed by atoms with van der Waals surface area (Å²) in [5, 5.41) is 9.07. The summed E-state index contributed by atoms with van der Waals surface area (Å²) in [7, 11) is 0. The van der Waals surface area contributed by atoms with Crippen LogP contribution in [-0.4, -0.2) is 27.0 Å². The predicted molar refractivity (Wildman–Crippen MR) is 63.9 cm³/mol. The Labute approximate surface area is 97.9 Å². The van der Waals surface area contributed by atoms with Crippen LogP contribution in [0.4, 0.5) is 5.82 Å². The fourth-order valence-electron chi connectivity index (χ4n) is 1.82. The van der Waals surface area contributed by atoms with E-state index in [1.165, 1.54) is 0 Å². The summed E-state index contributed by atoms with van der Waals surface area (Å²) in [5.74, 6) is 0.0718. The number of carboxylic acid groups (broad SMARTS) is 1. The van der Waals surface area contributed by atoms with E-state index in [4.69, 9.17) is 16.6 Å². The van der Waals surface area contributed by atoms with Gasteiger partial charge >= 0.3 is 5.97 Å². The van der Waals surface area contributed by atoms with E-state index in [-0.39, 0.29) is 5.69 Å². The van der Waals surface area contributed by atoms with Gasteiger partial charge in [0.25, 0.3) is 0 Å². The monoisotopic (exact) mass is 234 g/mol. The van der Waals surface area contributed by atoms with Gasteiger partial charge in [0.1, 0.15) is 11.6 Å². The normalized spacial score (nSPS) is 10.9. The largest absolute Gasteiger partial charge is 0.476 e. The third-order valence-electron chi connectivity index (χ3n) is 2.57. The minimum absolute atomic E-state index is 0.0318. The molecular formula is C11H14N4O2. The molecule has 0 aliphatic heterocycles. The van der Waals surface area contributed by atoms with Gasteiger partial charge in [0.2, 0.25) is 0 Å². The molecule has 0 spiro atoms. The van der Waals surface area contributed by atoms with Crippen LogP contribution >= 0.6 is 0 Å². The van der Waals surface area contributed by atoms with Crippen LogP contribution in [0.3, 0.4) is 0 Å². The quantitative estimate of drug-likeness (QED) is 0.714. The average Bonchev–Trinajstić information content (AvgIpc) is 2.67. The Balaban J connectivity index is 2.63. The number of aromatic nitrogens is 2. The molecule has 5 N–H and O–H groups in total. The van der Waals surface area contributed by atoms with Gasteiger partial charge in [-0.05, 0) is 25.1 Å². The summed E-state index contributed by atoms with van der Waals surface area (Å²) in [6.45, 7) is 0.532. The third kappa shape index (κ3) is 1.94. The van der Waals surface area contributed by atoms with Crippen molar-refractivity contribution in [2.24, 2.45) is 5.73 Å². The topological polar surface area (TPSA) is 107 Å². The number of nitrogen functional groups attached to an aromatic ring is 1. The number of pyridine rings is 1. The molecule has 0 saturated heterocycles. The number of imidazole rings is 1. The molecule has 0 unspecified atom stereocenters. The Morgan fingerprint density at radius 2 is 2.24 bits per heavy atom. The number of nitrogens with zero attached hydrogens (tertiary/aromatic N) is 2. The highest BCUT2D eigenvalue weighted by atomic mass is 16.4. The van der Waals surface area contributed by atoms with Gasteiger partial charge in [-0.25, -0.2) is 9.78 Å². The van der Waals surface area contributed by atoms with Crippen molar-refractivity contribution < 1.29 is 9.90 Å². The van der Waals surface area contributed by atoms with Gasteiger partial charge in [0.15, 0.2) is 5.69 Å². The fraction of sp³-hybridized carbons (Fsp3) is 0.273. The highest BCUT2D eigenvalue weighted by Crippen LogP contribution is 2.18. The third-order valence-corrected chi connectivity index (χ3v) is 2.57. The second-order valence-corrected chi connectivity index (χ2v) is 3.75. The molecule has 0 amide bonds. The molecule has 6 nitrogen and oxygen atoms in total. The smallest absolute Gasteiger partial charge is 0.356 e. The first-order valence-corrected chi connectivity index (χ1v) is 5.34. The number of anilines is 1. The van der Waals surface area contributed by atoms with E-state index in [2.05, 4.69) is 4.98 Å². The van der Waals surface area contributed by atoms with Crippen LogP contribution in [0.2, 0.25) is 0 Å². The van der Waals surface area contributed by atoms with E-state index in [0.717, 1.165) is 6.42 Å². The maximum Gasteiger partial charge on any atom is 0.356 e. The van der Waals surface area contributed by atoms with Crippen LogP contribution in [0, 0.1) is 0 Å². The maximum atomic E-state index is 11.1. The second-order valence-electron chi connectivity index (χ2n) is 3.75. The Morgan fingerprint density at radius 3 is 2.88 bits per heavy atom. The van der Waals surface area contributed by atoms with E-state index in [1.54, 1.807) is 22.6 Å². The van der Waals surface area contributed by atoms with Crippen molar-refractivity contribution in [2.75, 3.05) is 12.3 Å². The van der Waals surface area contributed by atoms with Gasteiger partial charge < -0.3 is 16.6 Å². The molecule has 17 heavy (non-hydrogen) atoms. The molecule has 2 aromatic heterocycles. The number of rotatable bonds is 4. The lowest BCUT2D eigenvalue weighted by Gasteiger charge is -2.03. The molecule has 2 aromatic rings. The number of aryl methyl sites for hydroxylation is 1. The number of hydrogen-bond acceptors (Lipinski definition) is 4. The van der Waals surface area contributed by atoms with Crippen LogP contribution < -0.4 is 11.5 Å². The molecule has 0 aliphatic carbocycles. The lowest BCUT2D eigenvalue weighted by molar-refractivity contribution is 0.0693. The summed E-state index contributed by atoms with van der Waals surface area (Å²) < 4.78 is 1.67. The number of carbonyl (C=O) groups is 1. The van der Waals surface area contributed by atoms with Gasteiger partial charge in [0, 0.05) is 6.42 Å². The summed E-state index contributed by atoms with van der Waals surface area (Å²) >= 11 is 0. The summed E-state index contributed by atoms with van der Waals surface area (Å²) in [4.78, 5) is 15.2. The van der Waals surface area contributed by atoms with Gasteiger partial charge in [-0.2, -0.15) is 0 Å². The molecule has 90 valence electrons. The molecule has 0 radical (unpaired) electrons. The molecule has 0 bridgehead atoms. The number of aromatic carboxylic acids is 1. The van der Waals surface area contributed by atoms with Crippen molar-refractivity contribution in [3.05, 3.63) is 29.7 Å². The Hall–Kier alpha value is -2.08. The lowest BCUT2D eigenvalue weighted by Crippen LogP contribution is -2.05. The lowest BCUT2D eigenvalue weighted by atomic mass is 10.3. The first kappa shape index (κ1) is 11.4. The number of nitrogens with two attached hydrogens (primary N) is 2. The average molecular weight is 234 g/mol. The zero-order chi connectivity index (χ0) is 12.4. The molecule has 0 atom stereocenters. The highest BCUT2D eigenvalue weighted by molar-refractivity contribution is 5.94. The van der Waals surface area contributed by atoms with Gasteiger partial charge in [0.05, 0.1) is 5.52 Å². The van der Waals surface area contributed by atoms with E-state index in [1.807, 2.05) is 0 Å². The van der Waals surface area contributed by atoms with E-state index < -0.39 is 5.97 Å². The van der Waals surface area contributed by atoms with E-state index in [9.17, 15) is 4.79 Å². The fourth-order valence-corrected chi connectivity index (χ4v) is 1.82. The SMILES string of the molecule is NCCCc1nc(C(=O)O)c2cccc(N)n12. The number of hydrogen-bond donors (Lipinski definition) is 3. The molecule has 0 fully saturated rings. The molecule has 0 aliphatic rings. The van der Waals surface area contributed by atoms with Gasteiger partial charge in [-0.15, -0.1) is 0 Å². The zero-order valence-electron chi connectivity index (χ0n) is 9.26. The zero-order valence-corrected chi connectivity index (χ0v) is 9.26. The van der Waals surface area contributed by atoms with Gasteiger partial charge in [-0.3, -0.25) is 4.40 Å². The van der Waals surface area contributed by atoms with Crippen LogP contribution in [0.1, 0.15) is 22.7 Å². The van der Waals surface area contributed by atoms with Crippen LogP contribution in [0.5, 0.6) is 0 Å². The van der Waals surface area contributed by atoms with E-state index >= 15 is 0 Å². The molecular weight excluding hydrogens is 220 g/mol. The second kappa shape index (κ2) is 4.42. The van der Waals surface area contributed by atoms with Crippen molar-refractivity contribution in [1.29, 1.82) is 0 Å². The summed E-state index contributed by atoms with van der Waals surface area (Å²) in [5.41, 5.74) is 11.8. The molecule has 0 aromatic carbocycles. The Morgan fingerprint density at radius 1 is 1.47 bits per heavy atom. The minimum atomic E-state index is -1.05. The van der Waals surface area contributed by atoms with Crippen molar-refractivity contribution in [1.82, 2.24) is 9.38 Å². The minimum Gasteiger partial charge on any atom is -0.476 e. The molecule has 2 rings (SSSR count). The molecule has 0 saturated carbocycles.